The van der Waals surface area contributed by atoms with Gasteiger partial charge in [0, 0.05) is 0 Å². The quantitative estimate of drug-likeness (QED) is 0.605. The normalized spacial score (nSPS) is 46.8. The molecular weight excluding hydrogens is 403 g/mol. The van der Waals surface area contributed by atoms with Crippen molar-refractivity contribution in [3.05, 3.63) is 35.6 Å². The molecule has 1 aromatic carbocycles. The SMILES string of the molecule is C[C@]12CC[C@H](O)C[C@@H]1[C@@H](O)C[C@@H]1[C@@H]2CC[C@]2(C)[C@@H](C(O)CCc3ccc(F)cc3)CC[C@@H]12. The van der Waals surface area contributed by atoms with E-state index in [1.165, 1.54) is 18.6 Å². The van der Waals surface area contributed by atoms with Crippen molar-refractivity contribution in [2.24, 2.45) is 40.4 Å². The number of aryl methyl sites for hydroxylation is 1. The summed E-state index contributed by atoms with van der Waals surface area (Å²) in [7, 11) is 0. The van der Waals surface area contributed by atoms with Crippen molar-refractivity contribution >= 4 is 0 Å². The molecule has 0 saturated heterocycles. The molecule has 0 spiro atoms. The number of rotatable bonds is 4. The molecule has 10 atom stereocenters. The number of hydrogen-bond donors (Lipinski definition) is 3. The van der Waals surface area contributed by atoms with Crippen LogP contribution >= 0.6 is 0 Å². The molecule has 4 fully saturated rings. The Morgan fingerprint density at radius 3 is 2.34 bits per heavy atom. The number of halogens is 1. The summed E-state index contributed by atoms with van der Waals surface area (Å²) in [5.74, 6) is 2.08. The lowest BCUT2D eigenvalue weighted by Crippen LogP contribution is -2.58. The predicted octanol–water partition coefficient (Wildman–Crippen LogP) is 5.11. The molecule has 0 bridgehead atoms. The predicted molar refractivity (Wildman–Crippen MR) is 123 cm³/mol. The molecule has 0 aliphatic heterocycles. The van der Waals surface area contributed by atoms with Crippen molar-refractivity contribution in [3.8, 4) is 0 Å². The second kappa shape index (κ2) is 8.36. The molecule has 4 aliphatic carbocycles. The number of aliphatic hydroxyl groups excluding tert-OH is 3. The fraction of sp³-hybridized carbons (Fsp3) is 0.786. The molecule has 3 nitrogen and oxygen atoms in total. The van der Waals surface area contributed by atoms with Gasteiger partial charge in [-0.1, -0.05) is 26.0 Å². The lowest BCUT2D eigenvalue weighted by atomic mass is 9.44. The van der Waals surface area contributed by atoms with Gasteiger partial charge >= 0.3 is 0 Å². The van der Waals surface area contributed by atoms with E-state index in [4.69, 9.17) is 0 Å². The van der Waals surface area contributed by atoms with Crippen LogP contribution in [0.1, 0.15) is 77.2 Å². The lowest BCUT2D eigenvalue weighted by Gasteiger charge is -2.62. The Hall–Kier alpha value is -0.970. The van der Waals surface area contributed by atoms with Gasteiger partial charge < -0.3 is 15.3 Å². The van der Waals surface area contributed by atoms with Gasteiger partial charge in [-0.05, 0) is 122 Å². The van der Waals surface area contributed by atoms with Crippen LogP contribution in [0, 0.1) is 46.2 Å². The van der Waals surface area contributed by atoms with Gasteiger partial charge in [-0.2, -0.15) is 0 Å². The second-order valence-electron chi connectivity index (χ2n) is 12.2. The zero-order valence-corrected chi connectivity index (χ0v) is 19.7. The molecule has 3 N–H and O–H groups in total. The van der Waals surface area contributed by atoms with Crippen LogP contribution in [0.25, 0.3) is 0 Å². The minimum Gasteiger partial charge on any atom is -0.393 e. The molecule has 5 rings (SSSR count). The second-order valence-corrected chi connectivity index (χ2v) is 12.2. The van der Waals surface area contributed by atoms with E-state index < -0.39 is 0 Å². The van der Waals surface area contributed by atoms with E-state index in [1.807, 2.05) is 12.1 Å². The van der Waals surface area contributed by atoms with E-state index in [2.05, 4.69) is 13.8 Å². The van der Waals surface area contributed by atoms with Crippen LogP contribution in [-0.4, -0.2) is 33.6 Å². The van der Waals surface area contributed by atoms with Crippen molar-refractivity contribution < 1.29 is 19.7 Å². The Labute approximate surface area is 192 Å². The minimum absolute atomic E-state index is 0.139. The number of fused-ring (bicyclic) bond motifs is 5. The summed E-state index contributed by atoms with van der Waals surface area (Å²) in [6.45, 7) is 4.81. The number of hydrogen-bond acceptors (Lipinski definition) is 3. The summed E-state index contributed by atoms with van der Waals surface area (Å²) in [5.41, 5.74) is 1.37. The van der Waals surface area contributed by atoms with E-state index in [1.54, 1.807) is 0 Å². The van der Waals surface area contributed by atoms with E-state index in [0.29, 0.717) is 23.7 Å². The highest BCUT2D eigenvalue weighted by molar-refractivity contribution is 5.17. The Morgan fingerprint density at radius 1 is 0.906 bits per heavy atom. The highest BCUT2D eigenvalue weighted by Crippen LogP contribution is 2.67. The van der Waals surface area contributed by atoms with Crippen molar-refractivity contribution in [3.63, 3.8) is 0 Å². The Bertz CT molecular complexity index is 811. The van der Waals surface area contributed by atoms with Gasteiger partial charge in [0.15, 0.2) is 0 Å². The first kappa shape index (κ1) is 22.8. The summed E-state index contributed by atoms with van der Waals surface area (Å²) in [5, 5.41) is 32.6. The van der Waals surface area contributed by atoms with Crippen LogP contribution in [0.4, 0.5) is 4.39 Å². The van der Waals surface area contributed by atoms with Crippen LogP contribution in [-0.2, 0) is 6.42 Å². The summed E-state index contributed by atoms with van der Waals surface area (Å²) in [4.78, 5) is 0. The molecule has 1 unspecified atom stereocenters. The molecule has 178 valence electrons. The average Bonchev–Trinajstić information content (AvgIpc) is 3.12. The summed E-state index contributed by atoms with van der Waals surface area (Å²) in [6, 6.07) is 6.66. The highest BCUT2D eigenvalue weighted by atomic mass is 19.1. The standard InChI is InChI=1S/C28H41FO3/c1-27-14-12-22-20(16-26(32)24-15-19(30)11-13-28(22,24)2)21(27)8-9-23(27)25(31)10-5-17-3-6-18(29)7-4-17/h3-4,6-7,19-26,30-32H,5,8-16H2,1-2H3/t19-,20-,21-,22-,23+,24+,25?,26-,27-,28+/m0/s1. The third-order valence-electron chi connectivity index (χ3n) is 10.8. The molecule has 0 amide bonds. The zero-order chi connectivity index (χ0) is 22.7. The molecule has 1 aromatic rings. The molecule has 4 heteroatoms. The lowest BCUT2D eigenvalue weighted by molar-refractivity contribution is -0.174. The summed E-state index contributed by atoms with van der Waals surface area (Å²) >= 11 is 0. The number of benzene rings is 1. The smallest absolute Gasteiger partial charge is 0.123 e. The van der Waals surface area contributed by atoms with Crippen LogP contribution < -0.4 is 0 Å². The van der Waals surface area contributed by atoms with E-state index >= 15 is 0 Å². The molecular formula is C28H41FO3. The van der Waals surface area contributed by atoms with Crippen molar-refractivity contribution in [2.75, 3.05) is 0 Å². The molecule has 4 saturated carbocycles. The Kier molecular flexibility index (Phi) is 5.96. The summed E-state index contributed by atoms with van der Waals surface area (Å²) in [6.07, 6.45) is 8.75. The fourth-order valence-corrected chi connectivity index (χ4v) is 9.12. The number of aliphatic hydroxyl groups is 3. The maximum absolute atomic E-state index is 13.2. The van der Waals surface area contributed by atoms with Crippen LogP contribution in [0.15, 0.2) is 24.3 Å². The topological polar surface area (TPSA) is 60.7 Å². The van der Waals surface area contributed by atoms with Crippen molar-refractivity contribution in [2.45, 2.75) is 96.4 Å². The largest absolute Gasteiger partial charge is 0.393 e. The van der Waals surface area contributed by atoms with Gasteiger partial charge in [0.1, 0.15) is 5.82 Å². The van der Waals surface area contributed by atoms with E-state index in [0.717, 1.165) is 63.4 Å². The van der Waals surface area contributed by atoms with Gasteiger partial charge in [-0.25, -0.2) is 4.39 Å². The zero-order valence-electron chi connectivity index (χ0n) is 19.7. The van der Waals surface area contributed by atoms with Gasteiger partial charge in [-0.3, -0.25) is 0 Å². The first-order valence-electron chi connectivity index (χ1n) is 13.0. The van der Waals surface area contributed by atoms with Crippen LogP contribution in [0.2, 0.25) is 0 Å². The Balaban J connectivity index is 1.30. The molecule has 0 aromatic heterocycles. The maximum atomic E-state index is 13.2. The molecule has 0 radical (unpaired) electrons. The van der Waals surface area contributed by atoms with Gasteiger partial charge in [0.25, 0.3) is 0 Å². The third kappa shape index (κ3) is 3.65. The van der Waals surface area contributed by atoms with Gasteiger partial charge in [0.2, 0.25) is 0 Å². The highest BCUT2D eigenvalue weighted by Gasteiger charge is 2.62. The van der Waals surface area contributed by atoms with Gasteiger partial charge in [-0.15, -0.1) is 0 Å². The molecule has 4 aliphatic rings. The summed E-state index contributed by atoms with van der Waals surface area (Å²) < 4.78 is 13.2. The first-order chi connectivity index (χ1) is 15.2. The fourth-order valence-electron chi connectivity index (χ4n) is 9.12. The average molecular weight is 445 g/mol. The van der Waals surface area contributed by atoms with E-state index in [9.17, 15) is 19.7 Å². The third-order valence-corrected chi connectivity index (χ3v) is 10.8. The maximum Gasteiger partial charge on any atom is 0.123 e. The monoisotopic (exact) mass is 444 g/mol. The van der Waals surface area contributed by atoms with E-state index in [-0.39, 0.29) is 40.9 Å². The van der Waals surface area contributed by atoms with Crippen LogP contribution in [0.5, 0.6) is 0 Å². The van der Waals surface area contributed by atoms with Crippen LogP contribution in [0.3, 0.4) is 0 Å². The molecule has 32 heavy (non-hydrogen) atoms. The molecule has 0 heterocycles. The Morgan fingerprint density at radius 2 is 1.59 bits per heavy atom. The first-order valence-corrected chi connectivity index (χ1v) is 13.0. The minimum atomic E-state index is -0.326. The van der Waals surface area contributed by atoms with Crippen molar-refractivity contribution in [1.82, 2.24) is 0 Å². The van der Waals surface area contributed by atoms with Gasteiger partial charge in [0.05, 0.1) is 18.3 Å². The van der Waals surface area contributed by atoms with Crippen molar-refractivity contribution in [1.29, 1.82) is 0 Å².